The summed E-state index contributed by atoms with van der Waals surface area (Å²) in [6.45, 7) is -0.707. The Morgan fingerprint density at radius 3 is 2.00 bits per heavy atom. The largest absolute Gasteiger partial charge is 1.00 e. The summed E-state index contributed by atoms with van der Waals surface area (Å²) < 4.78 is 29.3. The summed E-state index contributed by atoms with van der Waals surface area (Å²) in [6.07, 6.45) is -1.45. The predicted molar refractivity (Wildman–Crippen MR) is 27.7 cm³/mol. The third-order valence-corrected chi connectivity index (χ3v) is 1.40. The van der Waals surface area contributed by atoms with Crippen molar-refractivity contribution in [1.29, 1.82) is 0 Å². The van der Waals surface area contributed by atoms with Gasteiger partial charge in [0.1, 0.15) is 0 Å². The first-order valence-electron chi connectivity index (χ1n) is 2.18. The van der Waals surface area contributed by atoms with Crippen LogP contribution in [-0.4, -0.2) is 41.6 Å². The summed E-state index contributed by atoms with van der Waals surface area (Å²) in [7, 11) is -4.40. The molecule has 0 amide bonds. The second-order valence-corrected chi connectivity index (χ2v) is 3.01. The van der Waals surface area contributed by atoms with Crippen molar-refractivity contribution >= 4 is 10.1 Å². The molecular weight excluding hydrogens is 187 g/mol. The van der Waals surface area contributed by atoms with Crippen molar-refractivity contribution in [1.82, 2.24) is 0 Å². The average molecular weight is 194 g/mol. The normalized spacial score (nSPS) is 13.9. The fraction of sp³-hybridized carbons (Fsp3) is 1.00. The number of hydrogen-bond donors (Lipinski definition) is 2. The first-order chi connectivity index (χ1) is 3.95. The second-order valence-electron chi connectivity index (χ2n) is 1.56. The Labute approximate surface area is 102 Å². The van der Waals surface area contributed by atoms with E-state index in [4.69, 9.17) is 10.2 Å². The van der Waals surface area contributed by atoms with Gasteiger partial charge in [0, 0.05) is 0 Å². The predicted octanol–water partition coefficient (Wildman–Crippen LogP) is -5.11. The summed E-state index contributed by atoms with van der Waals surface area (Å²) in [6, 6.07) is 0. The van der Waals surface area contributed by atoms with Crippen LogP contribution in [0, 0.1) is 0 Å². The molecule has 0 aliphatic carbocycles. The van der Waals surface area contributed by atoms with Gasteiger partial charge in [-0.1, -0.05) is 0 Å². The van der Waals surface area contributed by atoms with E-state index >= 15 is 0 Å². The van der Waals surface area contributed by atoms with Gasteiger partial charge in [0.25, 0.3) is 0 Å². The van der Waals surface area contributed by atoms with Gasteiger partial charge in [-0.3, -0.25) is 0 Å². The molecule has 0 rings (SSSR count). The second kappa shape index (κ2) is 6.04. The zero-order valence-corrected chi connectivity index (χ0v) is 9.46. The van der Waals surface area contributed by atoms with Gasteiger partial charge in [-0.2, -0.15) is 0 Å². The molecule has 10 heavy (non-hydrogen) atoms. The topological polar surface area (TPSA) is 97.7 Å². The van der Waals surface area contributed by atoms with Crippen LogP contribution in [-0.2, 0) is 10.1 Å². The van der Waals surface area contributed by atoms with Crippen LogP contribution in [0.25, 0.3) is 0 Å². The quantitative estimate of drug-likeness (QED) is 0.346. The van der Waals surface area contributed by atoms with E-state index in [1.165, 1.54) is 0 Å². The molecule has 0 aromatic rings. The van der Waals surface area contributed by atoms with E-state index in [2.05, 4.69) is 0 Å². The van der Waals surface area contributed by atoms with E-state index in [1.807, 2.05) is 0 Å². The first kappa shape index (κ1) is 14.0. The van der Waals surface area contributed by atoms with Gasteiger partial charge in [-0.15, -0.1) is 0 Å². The van der Waals surface area contributed by atoms with Crippen molar-refractivity contribution in [2.24, 2.45) is 0 Å². The maximum absolute atomic E-state index is 9.77. The summed E-state index contributed by atoms with van der Waals surface area (Å²) in [5.41, 5.74) is 0. The monoisotopic (exact) mass is 194 g/mol. The molecular formula is C3H7KO5S. The van der Waals surface area contributed by atoms with Crippen molar-refractivity contribution in [3.05, 3.63) is 0 Å². The molecule has 0 aliphatic heterocycles. The number of hydrogen-bond acceptors (Lipinski definition) is 5. The van der Waals surface area contributed by atoms with Crippen LogP contribution in [0.1, 0.15) is 0 Å². The Hall–Kier alpha value is 1.47. The van der Waals surface area contributed by atoms with Crippen molar-refractivity contribution in [3.8, 4) is 0 Å². The zero-order valence-electron chi connectivity index (χ0n) is 5.52. The van der Waals surface area contributed by atoms with Gasteiger partial charge in [0.15, 0.2) is 0 Å². The number of aliphatic hydroxyl groups is 2. The fourth-order valence-corrected chi connectivity index (χ4v) is 0.865. The molecule has 2 N–H and O–H groups in total. The molecule has 7 heteroatoms. The van der Waals surface area contributed by atoms with Crippen LogP contribution in [0.15, 0.2) is 0 Å². The first-order valence-corrected chi connectivity index (χ1v) is 3.76. The van der Waals surface area contributed by atoms with Crippen LogP contribution in [0.3, 0.4) is 0 Å². The molecule has 0 aromatic heterocycles. The van der Waals surface area contributed by atoms with Gasteiger partial charge in [-0.25, -0.2) is 8.42 Å². The van der Waals surface area contributed by atoms with E-state index in [-0.39, 0.29) is 51.4 Å². The van der Waals surface area contributed by atoms with Crippen LogP contribution >= 0.6 is 0 Å². The van der Waals surface area contributed by atoms with E-state index < -0.39 is 28.6 Å². The third-order valence-electron chi connectivity index (χ3n) is 0.607. The minimum Gasteiger partial charge on any atom is -0.748 e. The third kappa shape index (κ3) is 9.47. The van der Waals surface area contributed by atoms with Crippen molar-refractivity contribution < 1.29 is 74.6 Å². The Morgan fingerprint density at radius 2 is 1.90 bits per heavy atom. The van der Waals surface area contributed by atoms with E-state index in [0.717, 1.165) is 0 Å². The summed E-state index contributed by atoms with van der Waals surface area (Å²) in [5, 5.41) is 16.4. The molecule has 0 aliphatic rings. The fourth-order valence-electron chi connectivity index (χ4n) is 0.288. The van der Waals surface area contributed by atoms with Gasteiger partial charge < -0.3 is 14.8 Å². The van der Waals surface area contributed by atoms with Gasteiger partial charge in [0.05, 0.1) is 28.6 Å². The molecule has 0 fully saturated rings. The minimum atomic E-state index is -4.40. The van der Waals surface area contributed by atoms with Crippen molar-refractivity contribution in [2.45, 2.75) is 6.10 Å². The maximum Gasteiger partial charge on any atom is 1.00 e. The zero-order chi connectivity index (χ0) is 7.49. The van der Waals surface area contributed by atoms with Crippen LogP contribution in [0.4, 0.5) is 0 Å². The van der Waals surface area contributed by atoms with Crippen molar-refractivity contribution in [3.63, 3.8) is 0 Å². The van der Waals surface area contributed by atoms with Gasteiger partial charge in [0.2, 0.25) is 0 Å². The molecule has 0 saturated carbocycles. The van der Waals surface area contributed by atoms with Crippen LogP contribution in [0.2, 0.25) is 0 Å². The molecule has 0 heterocycles. The van der Waals surface area contributed by atoms with Crippen LogP contribution in [0.5, 0.6) is 0 Å². The molecule has 5 nitrogen and oxygen atoms in total. The molecule has 0 bridgehead atoms. The Morgan fingerprint density at radius 1 is 1.50 bits per heavy atom. The molecule has 1 atom stereocenters. The molecule has 1 unspecified atom stereocenters. The smallest absolute Gasteiger partial charge is 0.748 e. The van der Waals surface area contributed by atoms with Crippen molar-refractivity contribution in [2.75, 3.05) is 12.4 Å². The summed E-state index contributed by atoms with van der Waals surface area (Å²) in [5.74, 6) is -0.927. The summed E-state index contributed by atoms with van der Waals surface area (Å²) >= 11 is 0. The molecule has 0 radical (unpaired) electrons. The molecule has 0 aromatic carbocycles. The Bertz CT molecular complexity index is 164. The standard InChI is InChI=1S/C3H8O5S.K/c4-1-3(5)2-9(6,7)8;/h3-5H,1-2H2,(H,6,7,8);/q;+1/p-1. The molecule has 56 valence electrons. The maximum atomic E-state index is 9.77. The SMILES string of the molecule is O=S(=O)([O-])CC(O)CO.[K+]. The number of rotatable bonds is 3. The molecule has 0 spiro atoms. The molecule has 0 saturated heterocycles. The van der Waals surface area contributed by atoms with E-state index in [9.17, 15) is 13.0 Å². The van der Waals surface area contributed by atoms with E-state index in [0.29, 0.717) is 0 Å². The minimum absolute atomic E-state index is 0. The Kier molecular flexibility index (Phi) is 8.46. The van der Waals surface area contributed by atoms with Crippen LogP contribution < -0.4 is 51.4 Å². The van der Waals surface area contributed by atoms with Gasteiger partial charge >= 0.3 is 51.4 Å². The van der Waals surface area contributed by atoms with Gasteiger partial charge in [-0.05, 0) is 0 Å². The van der Waals surface area contributed by atoms with E-state index in [1.54, 1.807) is 0 Å². The Balaban J connectivity index is 0. The average Bonchev–Trinajstić information content (AvgIpc) is 1.62. The number of aliphatic hydroxyl groups excluding tert-OH is 2. The summed E-state index contributed by atoms with van der Waals surface area (Å²) in [4.78, 5) is 0.